The van der Waals surface area contributed by atoms with Gasteiger partial charge >= 0.3 is 0 Å². The number of hydrogen-bond acceptors (Lipinski definition) is 2. The molecule has 2 aromatic carbocycles. The van der Waals surface area contributed by atoms with E-state index in [4.69, 9.17) is 0 Å². The smallest absolute Gasteiger partial charge is 0.191 e. The van der Waals surface area contributed by atoms with Crippen LogP contribution in [-0.4, -0.2) is 26.1 Å². The largest absolute Gasteiger partial charge is 0.364 e. The molecule has 0 aliphatic carbocycles. The quantitative estimate of drug-likeness (QED) is 0.500. The van der Waals surface area contributed by atoms with Gasteiger partial charge in [0.05, 0.1) is 0 Å². The van der Waals surface area contributed by atoms with E-state index in [1.807, 2.05) is 0 Å². The van der Waals surface area contributed by atoms with E-state index in [2.05, 4.69) is 56.9 Å². The Morgan fingerprint density at radius 3 is 2.36 bits per heavy atom. The number of rotatable bonds is 5. The standard InChI is InChI=1S/C20H23FN4/c1-22-20(23-14-16-7-9-18(21)10-8-16)24-15-17-5-4-6-19(13-17)25-11-2-3-12-25/h2-10,13H,11-12,14-15H2,1H3,(H2,22,23,24). The molecular weight excluding hydrogens is 315 g/mol. The van der Waals surface area contributed by atoms with Crippen LogP contribution in [0.4, 0.5) is 10.1 Å². The summed E-state index contributed by atoms with van der Waals surface area (Å²) in [5, 5.41) is 6.56. The van der Waals surface area contributed by atoms with Crippen LogP contribution in [0.25, 0.3) is 0 Å². The molecule has 0 atom stereocenters. The molecule has 1 heterocycles. The lowest BCUT2D eigenvalue weighted by Gasteiger charge is -2.19. The first-order valence-electron chi connectivity index (χ1n) is 8.42. The summed E-state index contributed by atoms with van der Waals surface area (Å²) in [4.78, 5) is 6.56. The van der Waals surface area contributed by atoms with Gasteiger partial charge in [-0.2, -0.15) is 0 Å². The van der Waals surface area contributed by atoms with Gasteiger partial charge in [-0.3, -0.25) is 4.99 Å². The number of benzene rings is 2. The summed E-state index contributed by atoms with van der Waals surface area (Å²) >= 11 is 0. The molecule has 2 N–H and O–H groups in total. The van der Waals surface area contributed by atoms with Crippen molar-refractivity contribution in [1.82, 2.24) is 10.6 Å². The van der Waals surface area contributed by atoms with Gasteiger partial charge in [0.1, 0.15) is 5.82 Å². The fourth-order valence-corrected chi connectivity index (χ4v) is 2.75. The fourth-order valence-electron chi connectivity index (χ4n) is 2.75. The molecule has 0 fully saturated rings. The fraction of sp³-hybridized carbons (Fsp3) is 0.250. The zero-order valence-electron chi connectivity index (χ0n) is 14.4. The van der Waals surface area contributed by atoms with E-state index in [0.29, 0.717) is 13.1 Å². The number of hydrogen-bond donors (Lipinski definition) is 2. The van der Waals surface area contributed by atoms with Crippen molar-refractivity contribution in [2.75, 3.05) is 25.0 Å². The van der Waals surface area contributed by atoms with E-state index in [1.54, 1.807) is 19.2 Å². The molecule has 0 spiro atoms. The van der Waals surface area contributed by atoms with E-state index >= 15 is 0 Å². The lowest BCUT2D eigenvalue weighted by Crippen LogP contribution is -2.36. The highest BCUT2D eigenvalue weighted by molar-refractivity contribution is 5.79. The summed E-state index contributed by atoms with van der Waals surface area (Å²) in [5.74, 6) is 0.497. The lowest BCUT2D eigenvalue weighted by molar-refractivity contribution is 0.626. The number of guanidine groups is 1. The average molecular weight is 338 g/mol. The maximum atomic E-state index is 12.9. The van der Waals surface area contributed by atoms with Gasteiger partial charge in [0, 0.05) is 38.9 Å². The van der Waals surface area contributed by atoms with Crippen molar-refractivity contribution in [3.63, 3.8) is 0 Å². The summed E-state index contributed by atoms with van der Waals surface area (Å²) in [5.41, 5.74) is 3.44. The van der Waals surface area contributed by atoms with Crippen LogP contribution in [0.2, 0.25) is 0 Å². The van der Waals surface area contributed by atoms with Crippen molar-refractivity contribution in [2.24, 2.45) is 4.99 Å². The molecule has 2 aromatic rings. The first kappa shape index (κ1) is 17.0. The highest BCUT2D eigenvalue weighted by Crippen LogP contribution is 2.18. The minimum atomic E-state index is -0.223. The van der Waals surface area contributed by atoms with E-state index in [9.17, 15) is 4.39 Å². The molecule has 4 nitrogen and oxygen atoms in total. The first-order valence-corrected chi connectivity index (χ1v) is 8.42. The highest BCUT2D eigenvalue weighted by Gasteiger charge is 2.08. The zero-order valence-corrected chi connectivity index (χ0v) is 14.4. The first-order chi connectivity index (χ1) is 12.2. The third kappa shape index (κ3) is 4.83. The van der Waals surface area contributed by atoms with Gasteiger partial charge in [-0.15, -0.1) is 0 Å². The van der Waals surface area contributed by atoms with Gasteiger partial charge in [0.15, 0.2) is 5.96 Å². The van der Waals surface area contributed by atoms with Crippen molar-refractivity contribution in [3.05, 3.63) is 77.6 Å². The van der Waals surface area contributed by atoms with Crippen LogP contribution in [0.3, 0.4) is 0 Å². The molecule has 3 rings (SSSR count). The third-order valence-corrected chi connectivity index (χ3v) is 4.15. The molecule has 5 heteroatoms. The Kier molecular flexibility index (Phi) is 5.67. The van der Waals surface area contributed by atoms with Crippen molar-refractivity contribution in [3.8, 4) is 0 Å². The summed E-state index contributed by atoms with van der Waals surface area (Å²) in [6, 6.07) is 15.0. The normalized spacial score (nSPS) is 14.0. The molecular formula is C20H23FN4. The van der Waals surface area contributed by atoms with Gasteiger partial charge in [0.25, 0.3) is 0 Å². The molecule has 0 amide bonds. The lowest BCUT2D eigenvalue weighted by atomic mass is 10.2. The predicted molar refractivity (Wildman–Crippen MR) is 101 cm³/mol. The predicted octanol–water partition coefficient (Wildman–Crippen LogP) is 3.07. The number of nitrogens with zero attached hydrogens (tertiary/aromatic N) is 2. The summed E-state index contributed by atoms with van der Waals surface area (Å²) in [7, 11) is 1.74. The Labute approximate surface area is 148 Å². The minimum Gasteiger partial charge on any atom is -0.364 e. The van der Waals surface area contributed by atoms with Crippen LogP contribution < -0.4 is 15.5 Å². The van der Waals surface area contributed by atoms with Gasteiger partial charge in [0.2, 0.25) is 0 Å². The maximum absolute atomic E-state index is 12.9. The molecule has 25 heavy (non-hydrogen) atoms. The topological polar surface area (TPSA) is 39.7 Å². The molecule has 130 valence electrons. The van der Waals surface area contributed by atoms with Crippen molar-refractivity contribution in [1.29, 1.82) is 0 Å². The molecule has 0 aromatic heterocycles. The summed E-state index contributed by atoms with van der Waals surface area (Å²) in [6.07, 6.45) is 4.37. The van der Waals surface area contributed by atoms with E-state index in [1.165, 1.54) is 23.4 Å². The Morgan fingerprint density at radius 2 is 1.68 bits per heavy atom. The SMILES string of the molecule is CN=C(NCc1ccc(F)cc1)NCc1cccc(N2CC=CC2)c1. The molecule has 1 aliphatic heterocycles. The van der Waals surface area contributed by atoms with Crippen LogP contribution >= 0.6 is 0 Å². The highest BCUT2D eigenvalue weighted by atomic mass is 19.1. The van der Waals surface area contributed by atoms with E-state index < -0.39 is 0 Å². The molecule has 0 bridgehead atoms. The number of halogens is 1. The molecule has 0 unspecified atom stereocenters. The molecule has 0 saturated carbocycles. The van der Waals surface area contributed by atoms with Crippen LogP contribution in [0.15, 0.2) is 65.7 Å². The summed E-state index contributed by atoms with van der Waals surface area (Å²) < 4.78 is 12.9. The Hall–Kier alpha value is -2.82. The second-order valence-corrected chi connectivity index (χ2v) is 5.95. The van der Waals surface area contributed by atoms with Gasteiger partial charge in [-0.05, 0) is 35.4 Å². The maximum Gasteiger partial charge on any atom is 0.191 e. The number of nitrogens with one attached hydrogen (secondary N) is 2. The van der Waals surface area contributed by atoms with E-state index in [-0.39, 0.29) is 5.82 Å². The van der Waals surface area contributed by atoms with Crippen molar-refractivity contribution in [2.45, 2.75) is 13.1 Å². The van der Waals surface area contributed by atoms with Gasteiger partial charge in [-0.1, -0.05) is 36.4 Å². The second-order valence-electron chi connectivity index (χ2n) is 5.95. The average Bonchev–Trinajstić information content (AvgIpc) is 3.18. The second kappa shape index (κ2) is 8.33. The minimum absolute atomic E-state index is 0.223. The van der Waals surface area contributed by atoms with Gasteiger partial charge in [-0.25, -0.2) is 4.39 Å². The van der Waals surface area contributed by atoms with Crippen LogP contribution in [0.1, 0.15) is 11.1 Å². The summed E-state index contributed by atoms with van der Waals surface area (Å²) in [6.45, 7) is 3.23. The molecule has 0 saturated heterocycles. The Morgan fingerprint density at radius 1 is 1.00 bits per heavy atom. The number of aliphatic imine (C=N–C) groups is 1. The monoisotopic (exact) mass is 338 g/mol. The Bertz CT molecular complexity index is 745. The van der Waals surface area contributed by atoms with Crippen LogP contribution in [0, 0.1) is 5.82 Å². The van der Waals surface area contributed by atoms with E-state index in [0.717, 1.165) is 24.6 Å². The van der Waals surface area contributed by atoms with Gasteiger partial charge < -0.3 is 15.5 Å². The zero-order chi connectivity index (χ0) is 17.5. The van der Waals surface area contributed by atoms with Crippen LogP contribution in [-0.2, 0) is 13.1 Å². The number of anilines is 1. The Balaban J connectivity index is 1.52. The van der Waals surface area contributed by atoms with Crippen LogP contribution in [0.5, 0.6) is 0 Å². The van der Waals surface area contributed by atoms with Crippen molar-refractivity contribution < 1.29 is 4.39 Å². The third-order valence-electron chi connectivity index (χ3n) is 4.15. The molecule has 0 radical (unpaired) electrons. The molecule has 1 aliphatic rings. The van der Waals surface area contributed by atoms with Crippen molar-refractivity contribution >= 4 is 11.6 Å².